The van der Waals surface area contributed by atoms with Crippen molar-refractivity contribution in [1.29, 1.82) is 0 Å². The summed E-state index contributed by atoms with van der Waals surface area (Å²) in [6, 6.07) is 22.7. The molecule has 1 amide bonds. The third-order valence-corrected chi connectivity index (χ3v) is 4.49. The minimum absolute atomic E-state index is 0.149. The summed E-state index contributed by atoms with van der Waals surface area (Å²) >= 11 is 0. The molecule has 4 nitrogen and oxygen atoms in total. The summed E-state index contributed by atoms with van der Waals surface area (Å²) in [7, 11) is 3.47. The zero-order valence-electron chi connectivity index (χ0n) is 15.9. The molecular weight excluding hydrogens is 355 g/mol. The number of ether oxygens (including phenoxy) is 1. The molecule has 0 bridgehead atoms. The summed E-state index contributed by atoms with van der Waals surface area (Å²) in [6.07, 6.45) is 0. The Morgan fingerprint density at radius 1 is 1.04 bits per heavy atom. The van der Waals surface area contributed by atoms with Crippen LogP contribution < -0.4 is 10.1 Å². The maximum atomic E-state index is 13.2. The zero-order chi connectivity index (χ0) is 19.9. The van der Waals surface area contributed by atoms with Crippen molar-refractivity contribution >= 4 is 11.6 Å². The maximum Gasteiger partial charge on any atom is 0.246 e. The van der Waals surface area contributed by atoms with Crippen molar-refractivity contribution in [3.63, 3.8) is 0 Å². The van der Waals surface area contributed by atoms with Gasteiger partial charge in [-0.15, -0.1) is 0 Å². The van der Waals surface area contributed by atoms with E-state index in [1.807, 2.05) is 60.5 Å². The summed E-state index contributed by atoms with van der Waals surface area (Å²) in [4.78, 5) is 15.1. The number of nitrogens with zero attached hydrogens (tertiary/aromatic N) is 1. The Labute approximate surface area is 164 Å². The van der Waals surface area contributed by atoms with Crippen LogP contribution in [0.1, 0.15) is 17.2 Å². The fourth-order valence-electron chi connectivity index (χ4n) is 3.12. The van der Waals surface area contributed by atoms with Crippen molar-refractivity contribution in [1.82, 2.24) is 4.90 Å². The third kappa shape index (κ3) is 4.96. The van der Waals surface area contributed by atoms with Crippen LogP contribution in [-0.4, -0.2) is 25.0 Å². The van der Waals surface area contributed by atoms with Crippen molar-refractivity contribution in [2.45, 2.75) is 12.6 Å². The van der Waals surface area contributed by atoms with E-state index in [0.717, 1.165) is 11.1 Å². The molecule has 1 unspecified atom stereocenters. The van der Waals surface area contributed by atoms with E-state index >= 15 is 0 Å². The number of hydrogen-bond donors (Lipinski definition) is 1. The number of hydrogen-bond acceptors (Lipinski definition) is 3. The van der Waals surface area contributed by atoms with Gasteiger partial charge in [0.05, 0.1) is 7.11 Å². The van der Waals surface area contributed by atoms with Gasteiger partial charge in [0.1, 0.15) is 17.6 Å². The standard InChI is InChI=1S/C23H23FN2O2/c1-26(16-17-11-13-19(24)14-12-17)22(18-7-4-3-5-8-18)23(27)25-20-9-6-10-21(15-20)28-2/h3-15,22H,16H2,1-2H3,(H,25,27). The Morgan fingerprint density at radius 2 is 1.75 bits per heavy atom. The second kappa shape index (κ2) is 9.15. The number of amides is 1. The quantitative estimate of drug-likeness (QED) is 0.651. The number of likely N-dealkylation sites (N-methyl/N-ethyl adjacent to an activating group) is 1. The van der Waals surface area contributed by atoms with Crippen LogP contribution in [0, 0.1) is 5.82 Å². The van der Waals surface area contributed by atoms with Gasteiger partial charge in [0.2, 0.25) is 5.91 Å². The van der Waals surface area contributed by atoms with Gasteiger partial charge in [-0.2, -0.15) is 0 Å². The highest BCUT2D eigenvalue weighted by atomic mass is 19.1. The Bertz CT molecular complexity index is 913. The molecule has 0 fully saturated rings. The summed E-state index contributed by atoms with van der Waals surface area (Å²) in [6.45, 7) is 0.505. The fourth-order valence-corrected chi connectivity index (χ4v) is 3.12. The van der Waals surface area contributed by atoms with Crippen LogP contribution in [0.15, 0.2) is 78.9 Å². The number of methoxy groups -OCH3 is 1. The van der Waals surface area contributed by atoms with Crippen LogP contribution in [0.4, 0.5) is 10.1 Å². The number of carbonyl (C=O) groups is 1. The monoisotopic (exact) mass is 378 g/mol. The fraction of sp³-hybridized carbons (Fsp3) is 0.174. The number of carbonyl (C=O) groups excluding carboxylic acids is 1. The zero-order valence-corrected chi connectivity index (χ0v) is 15.9. The van der Waals surface area contributed by atoms with Crippen molar-refractivity contribution < 1.29 is 13.9 Å². The average molecular weight is 378 g/mol. The van der Waals surface area contributed by atoms with E-state index in [1.165, 1.54) is 12.1 Å². The molecule has 28 heavy (non-hydrogen) atoms. The van der Waals surface area contributed by atoms with Crippen LogP contribution in [0.3, 0.4) is 0 Å². The molecule has 0 heterocycles. The first-order chi connectivity index (χ1) is 13.6. The van der Waals surface area contributed by atoms with Gasteiger partial charge in [0, 0.05) is 18.3 Å². The molecule has 5 heteroatoms. The highest BCUT2D eigenvalue weighted by Crippen LogP contribution is 2.25. The highest BCUT2D eigenvalue weighted by molar-refractivity contribution is 5.95. The number of halogens is 1. The van der Waals surface area contributed by atoms with Gasteiger partial charge in [-0.3, -0.25) is 9.69 Å². The summed E-state index contributed by atoms with van der Waals surface area (Å²) in [5.74, 6) is 0.250. The molecule has 0 saturated carbocycles. The lowest BCUT2D eigenvalue weighted by Gasteiger charge is -2.27. The minimum atomic E-state index is -0.502. The maximum absolute atomic E-state index is 13.2. The van der Waals surface area contributed by atoms with Crippen LogP contribution in [-0.2, 0) is 11.3 Å². The van der Waals surface area contributed by atoms with Gasteiger partial charge in [-0.25, -0.2) is 4.39 Å². The van der Waals surface area contributed by atoms with Crippen molar-refractivity contribution in [2.24, 2.45) is 0 Å². The molecule has 0 aliphatic rings. The Kier molecular flexibility index (Phi) is 6.40. The molecule has 0 radical (unpaired) electrons. The Balaban J connectivity index is 1.83. The predicted octanol–water partition coefficient (Wildman–Crippen LogP) is 4.65. The lowest BCUT2D eigenvalue weighted by atomic mass is 10.0. The first-order valence-electron chi connectivity index (χ1n) is 9.01. The van der Waals surface area contributed by atoms with E-state index in [2.05, 4.69) is 5.32 Å². The van der Waals surface area contributed by atoms with Gasteiger partial charge in [-0.1, -0.05) is 48.5 Å². The van der Waals surface area contributed by atoms with Gasteiger partial charge in [0.15, 0.2) is 0 Å². The van der Waals surface area contributed by atoms with E-state index in [9.17, 15) is 9.18 Å². The van der Waals surface area contributed by atoms with Crippen LogP contribution in [0.5, 0.6) is 5.75 Å². The SMILES string of the molecule is COc1cccc(NC(=O)C(c2ccccc2)N(C)Cc2ccc(F)cc2)c1. The second-order valence-corrected chi connectivity index (χ2v) is 6.58. The van der Waals surface area contributed by atoms with Crippen LogP contribution in [0.25, 0.3) is 0 Å². The molecule has 0 aliphatic carbocycles. The molecule has 0 aliphatic heterocycles. The van der Waals surface area contributed by atoms with Crippen molar-refractivity contribution in [3.05, 3.63) is 95.8 Å². The van der Waals surface area contributed by atoms with Crippen LogP contribution >= 0.6 is 0 Å². The van der Waals surface area contributed by atoms with Gasteiger partial charge >= 0.3 is 0 Å². The van der Waals surface area contributed by atoms with E-state index in [4.69, 9.17) is 4.74 Å². The lowest BCUT2D eigenvalue weighted by molar-refractivity contribution is -0.121. The molecule has 3 aromatic rings. The van der Waals surface area contributed by atoms with Gasteiger partial charge in [-0.05, 0) is 42.4 Å². The number of anilines is 1. The highest BCUT2D eigenvalue weighted by Gasteiger charge is 2.25. The largest absolute Gasteiger partial charge is 0.497 e. The lowest BCUT2D eigenvalue weighted by Crippen LogP contribution is -2.34. The molecule has 0 spiro atoms. The van der Waals surface area contributed by atoms with Gasteiger partial charge in [0.25, 0.3) is 0 Å². The number of rotatable bonds is 7. The third-order valence-electron chi connectivity index (χ3n) is 4.49. The molecule has 3 aromatic carbocycles. The predicted molar refractivity (Wildman–Crippen MR) is 109 cm³/mol. The van der Waals surface area contributed by atoms with E-state index in [1.54, 1.807) is 25.3 Å². The van der Waals surface area contributed by atoms with Crippen molar-refractivity contribution in [3.8, 4) is 5.75 Å². The first kappa shape index (κ1) is 19.6. The average Bonchev–Trinajstić information content (AvgIpc) is 2.71. The molecule has 1 N–H and O–H groups in total. The summed E-state index contributed by atoms with van der Waals surface area (Å²) < 4.78 is 18.4. The van der Waals surface area contributed by atoms with E-state index < -0.39 is 6.04 Å². The normalized spacial score (nSPS) is 11.9. The number of nitrogens with one attached hydrogen (secondary N) is 1. The van der Waals surface area contributed by atoms with Crippen molar-refractivity contribution in [2.75, 3.05) is 19.5 Å². The topological polar surface area (TPSA) is 41.6 Å². The molecule has 1 atom stereocenters. The molecular formula is C23H23FN2O2. The molecule has 144 valence electrons. The van der Waals surface area contributed by atoms with E-state index in [-0.39, 0.29) is 11.7 Å². The smallest absolute Gasteiger partial charge is 0.246 e. The second-order valence-electron chi connectivity index (χ2n) is 6.58. The Hall–Kier alpha value is -3.18. The van der Waals surface area contributed by atoms with Gasteiger partial charge < -0.3 is 10.1 Å². The molecule has 3 rings (SSSR count). The Morgan fingerprint density at radius 3 is 2.43 bits per heavy atom. The van der Waals surface area contributed by atoms with Crippen LogP contribution in [0.2, 0.25) is 0 Å². The summed E-state index contributed by atoms with van der Waals surface area (Å²) in [5, 5.41) is 2.97. The first-order valence-corrected chi connectivity index (χ1v) is 9.01. The number of benzene rings is 3. The minimum Gasteiger partial charge on any atom is -0.497 e. The molecule has 0 aromatic heterocycles. The van der Waals surface area contributed by atoms with E-state index in [0.29, 0.717) is 18.0 Å². The molecule has 0 saturated heterocycles. The summed E-state index contributed by atoms with van der Waals surface area (Å²) in [5.41, 5.74) is 2.48.